The molecule has 0 aliphatic carbocycles. The number of aromatic nitrogens is 1. The zero-order valence-corrected chi connectivity index (χ0v) is 9.31. The summed E-state index contributed by atoms with van der Waals surface area (Å²) in [5.41, 5.74) is 9.26. The Morgan fingerprint density at radius 1 is 1.55 bits per heavy atom. The van der Waals surface area contributed by atoms with Crippen molar-refractivity contribution in [2.24, 2.45) is 0 Å². The van der Waals surface area contributed by atoms with Gasteiger partial charge in [0.05, 0.1) is 0 Å². The number of nitrogens with zero attached hydrogens (tertiary/aromatic N) is 1. The second-order valence-electron chi connectivity index (χ2n) is 2.63. The van der Waals surface area contributed by atoms with Crippen molar-refractivity contribution in [3.05, 3.63) is 22.9 Å². The van der Waals surface area contributed by atoms with Crippen LogP contribution in [-0.2, 0) is 5.21 Å². The number of nitrogen functional groups attached to an aromatic ring is 1. The molecule has 0 saturated heterocycles. The molecule has 2 nitrogen and oxygen atoms in total. The van der Waals surface area contributed by atoms with Crippen molar-refractivity contribution < 1.29 is 0 Å². The second-order valence-corrected chi connectivity index (χ2v) is 3.49. The monoisotopic (exact) mass is 212 g/mol. The molecule has 1 unspecified atom stereocenters. The van der Waals surface area contributed by atoms with Crippen LogP contribution in [0.5, 0.6) is 0 Å². The molecule has 0 saturated carbocycles. The molecule has 0 aliphatic rings. The van der Waals surface area contributed by atoms with Gasteiger partial charge in [-0.3, -0.25) is 0 Å². The van der Waals surface area contributed by atoms with Crippen molar-refractivity contribution in [3.63, 3.8) is 0 Å². The molecule has 0 spiro atoms. The van der Waals surface area contributed by atoms with Gasteiger partial charge in [-0.05, 0) is 0 Å². The molecule has 0 aromatic carbocycles. The molecule has 0 bridgehead atoms. The fourth-order valence-electron chi connectivity index (χ4n) is 1.20. The van der Waals surface area contributed by atoms with Crippen LogP contribution in [0, 0.1) is 13.8 Å². The Bertz CT molecular complexity index is 248. The first-order valence-electron chi connectivity index (χ1n) is 3.58. The molecule has 0 fully saturated rings. The molecule has 2 N–H and O–H groups in total. The standard InChI is InChI=1S/C8H13AsN2/c1-5-3-8(10)11-6(2)7(5)4-9/h3H,4,9H2,1-2H3,(H2,10,11). The zero-order chi connectivity index (χ0) is 8.43. The van der Waals surface area contributed by atoms with E-state index in [9.17, 15) is 0 Å². The average molecular weight is 212 g/mol. The topological polar surface area (TPSA) is 38.9 Å². The average Bonchev–Trinajstić information content (AvgIpc) is 1.85. The van der Waals surface area contributed by atoms with Crippen LogP contribution in [0.25, 0.3) is 0 Å². The van der Waals surface area contributed by atoms with E-state index in [0.717, 1.165) is 10.9 Å². The summed E-state index contributed by atoms with van der Waals surface area (Å²) in [7, 11) is 0. The minimum absolute atomic E-state index is 0.629. The second kappa shape index (κ2) is 3.27. The Morgan fingerprint density at radius 3 is 2.64 bits per heavy atom. The van der Waals surface area contributed by atoms with Crippen molar-refractivity contribution in [1.29, 1.82) is 0 Å². The number of hydrogen-bond donors (Lipinski definition) is 1. The number of pyridine rings is 1. The SMILES string of the molecule is Cc1cc(N)nc(C)c1C[AsH2]. The van der Waals surface area contributed by atoms with Gasteiger partial charge in [-0.15, -0.1) is 0 Å². The minimum atomic E-state index is 0.629. The van der Waals surface area contributed by atoms with E-state index in [1.807, 2.05) is 13.0 Å². The van der Waals surface area contributed by atoms with Gasteiger partial charge >= 0.3 is 75.3 Å². The first-order valence-corrected chi connectivity index (χ1v) is 5.29. The van der Waals surface area contributed by atoms with Crippen molar-refractivity contribution in [1.82, 2.24) is 4.98 Å². The van der Waals surface area contributed by atoms with Gasteiger partial charge in [0.2, 0.25) is 0 Å². The number of aryl methyl sites for hydroxylation is 2. The summed E-state index contributed by atoms with van der Waals surface area (Å²) in [6.45, 7) is 4.10. The maximum absolute atomic E-state index is 5.58. The third kappa shape index (κ3) is 1.75. The molecule has 0 radical (unpaired) electrons. The summed E-state index contributed by atoms with van der Waals surface area (Å²) in [6.07, 6.45) is 0. The summed E-state index contributed by atoms with van der Waals surface area (Å²) in [5, 5.41) is 1.10. The van der Waals surface area contributed by atoms with E-state index < -0.39 is 0 Å². The Balaban J connectivity index is 3.25. The number of hydrogen-bond acceptors (Lipinski definition) is 2. The van der Waals surface area contributed by atoms with Crippen LogP contribution >= 0.6 is 0 Å². The van der Waals surface area contributed by atoms with Gasteiger partial charge in [-0.1, -0.05) is 0 Å². The quantitative estimate of drug-likeness (QED) is 0.685. The third-order valence-electron chi connectivity index (χ3n) is 1.78. The predicted octanol–water partition coefficient (Wildman–Crippen LogP) is 0.414. The first-order chi connectivity index (χ1) is 5.15. The molecule has 60 valence electrons. The van der Waals surface area contributed by atoms with Gasteiger partial charge in [-0.2, -0.15) is 0 Å². The van der Waals surface area contributed by atoms with Gasteiger partial charge in [0, 0.05) is 0 Å². The number of anilines is 1. The Kier molecular flexibility index (Phi) is 2.56. The molecule has 3 heteroatoms. The van der Waals surface area contributed by atoms with E-state index in [1.165, 1.54) is 11.1 Å². The molecule has 1 aromatic rings. The van der Waals surface area contributed by atoms with E-state index in [1.54, 1.807) is 16.9 Å². The summed E-state index contributed by atoms with van der Waals surface area (Å²) < 4.78 is 0. The van der Waals surface area contributed by atoms with E-state index in [-0.39, 0.29) is 0 Å². The van der Waals surface area contributed by atoms with E-state index in [0.29, 0.717) is 5.82 Å². The third-order valence-corrected chi connectivity index (χ3v) is 2.63. The van der Waals surface area contributed by atoms with Crippen molar-refractivity contribution in [2.45, 2.75) is 19.1 Å². The molecule has 1 aromatic heterocycles. The van der Waals surface area contributed by atoms with Crippen LogP contribution in [0.2, 0.25) is 0 Å². The van der Waals surface area contributed by atoms with Crippen molar-refractivity contribution >= 4 is 22.7 Å². The first kappa shape index (κ1) is 8.60. The van der Waals surface area contributed by atoms with E-state index >= 15 is 0 Å². The van der Waals surface area contributed by atoms with Crippen LogP contribution in [0.3, 0.4) is 0 Å². The Labute approximate surface area is 75.7 Å². The number of nitrogens with two attached hydrogens (primary N) is 1. The summed E-state index contributed by atoms with van der Waals surface area (Å²) in [6, 6.07) is 1.93. The molecule has 0 amide bonds. The molecular formula is C8H13AsN2. The van der Waals surface area contributed by atoms with Crippen LogP contribution in [0.1, 0.15) is 16.8 Å². The van der Waals surface area contributed by atoms with Gasteiger partial charge in [-0.25, -0.2) is 0 Å². The zero-order valence-electron chi connectivity index (χ0n) is 6.89. The molecule has 11 heavy (non-hydrogen) atoms. The van der Waals surface area contributed by atoms with Crippen LogP contribution in [-0.4, -0.2) is 21.8 Å². The summed E-state index contributed by atoms with van der Waals surface area (Å²) in [5.74, 6) is 0.629. The fraction of sp³-hybridized carbons (Fsp3) is 0.375. The molecule has 1 rings (SSSR count). The molecule has 0 aliphatic heterocycles. The van der Waals surface area contributed by atoms with Crippen molar-refractivity contribution in [3.8, 4) is 0 Å². The molecular weight excluding hydrogens is 199 g/mol. The van der Waals surface area contributed by atoms with E-state index in [2.05, 4.69) is 11.9 Å². The molecule has 1 heterocycles. The summed E-state index contributed by atoms with van der Waals surface area (Å²) >= 11 is 1.71. The van der Waals surface area contributed by atoms with Crippen LogP contribution in [0.4, 0.5) is 5.82 Å². The summed E-state index contributed by atoms with van der Waals surface area (Å²) in [4.78, 5) is 4.19. The van der Waals surface area contributed by atoms with Crippen LogP contribution < -0.4 is 5.73 Å². The van der Waals surface area contributed by atoms with Crippen molar-refractivity contribution in [2.75, 3.05) is 5.73 Å². The van der Waals surface area contributed by atoms with Gasteiger partial charge in [0.15, 0.2) is 0 Å². The predicted molar refractivity (Wildman–Crippen MR) is 50.4 cm³/mol. The molecule has 1 atom stereocenters. The number of rotatable bonds is 1. The van der Waals surface area contributed by atoms with Gasteiger partial charge in [0.25, 0.3) is 0 Å². The van der Waals surface area contributed by atoms with Crippen LogP contribution in [0.15, 0.2) is 6.07 Å². The van der Waals surface area contributed by atoms with E-state index in [4.69, 9.17) is 5.73 Å². The fourth-order valence-corrected chi connectivity index (χ4v) is 2.49. The normalized spacial score (nSPS) is 10.1. The Hall–Kier alpha value is -0.492. The maximum atomic E-state index is 5.58. The van der Waals surface area contributed by atoms with Gasteiger partial charge in [0.1, 0.15) is 0 Å². The Morgan fingerprint density at radius 2 is 2.18 bits per heavy atom. The van der Waals surface area contributed by atoms with Gasteiger partial charge < -0.3 is 0 Å².